The van der Waals surface area contributed by atoms with Crippen molar-refractivity contribution in [3.05, 3.63) is 35.9 Å². The van der Waals surface area contributed by atoms with Crippen LogP contribution in [0.25, 0.3) is 5.52 Å². The molecular formula is C13H17N3O. The van der Waals surface area contributed by atoms with Crippen LogP contribution in [0.15, 0.2) is 24.5 Å². The zero-order valence-electron chi connectivity index (χ0n) is 10.6. The molecule has 0 aliphatic heterocycles. The topological polar surface area (TPSA) is 46.4 Å². The number of amides is 1. The highest BCUT2D eigenvalue weighted by Crippen LogP contribution is 2.25. The molecule has 2 aromatic heterocycles. The largest absolute Gasteiger partial charge is 0.354 e. The Morgan fingerprint density at radius 3 is 2.71 bits per heavy atom. The zero-order valence-corrected chi connectivity index (χ0v) is 10.6. The summed E-state index contributed by atoms with van der Waals surface area (Å²) < 4.78 is 1.88. The Morgan fingerprint density at radius 2 is 2.12 bits per heavy atom. The van der Waals surface area contributed by atoms with E-state index in [0.29, 0.717) is 5.69 Å². The molecule has 0 fully saturated rings. The Hall–Kier alpha value is -1.84. The molecule has 1 N–H and O–H groups in total. The van der Waals surface area contributed by atoms with Gasteiger partial charge in [0.25, 0.3) is 5.91 Å². The van der Waals surface area contributed by atoms with Gasteiger partial charge in [-0.3, -0.25) is 9.78 Å². The van der Waals surface area contributed by atoms with Crippen molar-refractivity contribution < 1.29 is 4.79 Å². The van der Waals surface area contributed by atoms with Gasteiger partial charge in [0.05, 0.1) is 17.4 Å². The summed E-state index contributed by atoms with van der Waals surface area (Å²) in [5, 5.41) is 2.62. The quantitative estimate of drug-likeness (QED) is 0.815. The van der Waals surface area contributed by atoms with Crippen LogP contribution < -0.4 is 5.32 Å². The minimum atomic E-state index is -0.126. The highest BCUT2D eigenvalue weighted by atomic mass is 16.1. The summed E-state index contributed by atoms with van der Waals surface area (Å²) in [6.07, 6.45) is 3.52. The Kier molecular flexibility index (Phi) is 2.65. The van der Waals surface area contributed by atoms with Crippen LogP contribution in [0, 0.1) is 0 Å². The second kappa shape index (κ2) is 3.87. The van der Waals surface area contributed by atoms with Crippen LogP contribution in [0.2, 0.25) is 0 Å². The fraction of sp³-hybridized carbons (Fsp3) is 0.385. The van der Waals surface area contributed by atoms with Crippen LogP contribution >= 0.6 is 0 Å². The highest BCUT2D eigenvalue weighted by molar-refractivity contribution is 5.93. The first-order chi connectivity index (χ1) is 7.95. The van der Waals surface area contributed by atoms with E-state index in [1.54, 1.807) is 13.2 Å². The molecule has 0 saturated carbocycles. The molecule has 1 amide bonds. The van der Waals surface area contributed by atoms with Crippen molar-refractivity contribution in [1.29, 1.82) is 0 Å². The van der Waals surface area contributed by atoms with E-state index in [2.05, 4.69) is 31.1 Å². The third-order valence-electron chi connectivity index (χ3n) is 2.74. The van der Waals surface area contributed by atoms with Crippen molar-refractivity contribution in [1.82, 2.24) is 14.7 Å². The maximum atomic E-state index is 11.7. The van der Waals surface area contributed by atoms with E-state index in [1.807, 2.05) is 22.7 Å². The van der Waals surface area contributed by atoms with E-state index < -0.39 is 0 Å². The summed E-state index contributed by atoms with van der Waals surface area (Å²) in [6, 6.07) is 3.92. The Bertz CT molecular complexity index is 564. The summed E-state index contributed by atoms with van der Waals surface area (Å²) in [5.41, 5.74) is 2.50. The average Bonchev–Trinajstić information content (AvgIpc) is 2.73. The van der Waals surface area contributed by atoms with Crippen LogP contribution in [0.1, 0.15) is 37.0 Å². The van der Waals surface area contributed by atoms with E-state index in [9.17, 15) is 4.79 Å². The number of fused-ring (bicyclic) bond motifs is 1. The van der Waals surface area contributed by atoms with Gasteiger partial charge in [0.15, 0.2) is 0 Å². The van der Waals surface area contributed by atoms with Gasteiger partial charge < -0.3 is 9.72 Å². The monoisotopic (exact) mass is 231 g/mol. The van der Waals surface area contributed by atoms with E-state index in [4.69, 9.17) is 0 Å². The van der Waals surface area contributed by atoms with Crippen molar-refractivity contribution in [2.45, 2.75) is 26.2 Å². The fourth-order valence-electron chi connectivity index (χ4n) is 1.91. The van der Waals surface area contributed by atoms with Gasteiger partial charge in [-0.1, -0.05) is 20.8 Å². The number of hydrogen-bond acceptors (Lipinski definition) is 2. The molecule has 0 radical (unpaired) electrons. The second-order valence-corrected chi connectivity index (χ2v) is 5.08. The molecule has 2 heterocycles. The molecule has 0 unspecified atom stereocenters. The molecule has 0 saturated heterocycles. The van der Waals surface area contributed by atoms with Crippen molar-refractivity contribution in [2.24, 2.45) is 0 Å². The number of rotatable bonds is 1. The van der Waals surface area contributed by atoms with E-state index in [-0.39, 0.29) is 11.3 Å². The summed E-state index contributed by atoms with van der Waals surface area (Å²) in [7, 11) is 1.62. The number of carbonyl (C=O) groups excluding carboxylic acids is 1. The van der Waals surface area contributed by atoms with Crippen LogP contribution in [0.3, 0.4) is 0 Å². The first-order valence-corrected chi connectivity index (χ1v) is 5.64. The highest BCUT2D eigenvalue weighted by Gasteiger charge is 2.21. The third-order valence-corrected chi connectivity index (χ3v) is 2.74. The summed E-state index contributed by atoms with van der Waals surface area (Å²) in [6.45, 7) is 6.34. The van der Waals surface area contributed by atoms with Gasteiger partial charge in [0, 0.05) is 18.7 Å². The molecule has 90 valence electrons. The lowest BCUT2D eigenvalue weighted by Gasteiger charge is -2.19. The molecule has 0 aliphatic rings. The van der Waals surface area contributed by atoms with Gasteiger partial charge in [0.1, 0.15) is 5.69 Å². The predicted octanol–water partition coefficient (Wildman–Crippen LogP) is 1.99. The number of aromatic nitrogens is 2. The molecule has 0 atom stereocenters. The molecular weight excluding hydrogens is 214 g/mol. The lowest BCUT2D eigenvalue weighted by Crippen LogP contribution is -2.23. The molecule has 0 aromatic carbocycles. The lowest BCUT2D eigenvalue weighted by molar-refractivity contribution is 0.0956. The Morgan fingerprint density at radius 1 is 1.41 bits per heavy atom. The summed E-state index contributed by atoms with van der Waals surface area (Å²) >= 11 is 0. The van der Waals surface area contributed by atoms with E-state index in [1.165, 1.54) is 0 Å². The van der Waals surface area contributed by atoms with Crippen molar-refractivity contribution in [3.8, 4) is 0 Å². The van der Waals surface area contributed by atoms with Gasteiger partial charge in [-0.2, -0.15) is 0 Å². The minimum Gasteiger partial charge on any atom is -0.354 e. The first kappa shape index (κ1) is 11.6. The average molecular weight is 231 g/mol. The summed E-state index contributed by atoms with van der Waals surface area (Å²) in [5.74, 6) is -0.126. The number of nitrogens with one attached hydrogen (secondary N) is 1. The molecule has 2 rings (SSSR count). The van der Waals surface area contributed by atoms with Crippen molar-refractivity contribution in [2.75, 3.05) is 7.05 Å². The Labute approximate surface area is 101 Å². The maximum Gasteiger partial charge on any atom is 0.269 e. The van der Waals surface area contributed by atoms with Gasteiger partial charge >= 0.3 is 0 Å². The maximum absolute atomic E-state index is 11.7. The van der Waals surface area contributed by atoms with Gasteiger partial charge in [-0.25, -0.2) is 0 Å². The standard InChI is InChI=1S/C13H17N3O/c1-13(2,3)11-9-6-5-7-16(9)10(8-15-11)12(17)14-4/h5-8H,1-4H3,(H,14,17). The van der Waals surface area contributed by atoms with Gasteiger partial charge in [0.2, 0.25) is 0 Å². The predicted molar refractivity (Wildman–Crippen MR) is 67.3 cm³/mol. The van der Waals surface area contributed by atoms with Crippen LogP contribution in [0.5, 0.6) is 0 Å². The van der Waals surface area contributed by atoms with Crippen molar-refractivity contribution in [3.63, 3.8) is 0 Å². The lowest BCUT2D eigenvalue weighted by atomic mass is 9.91. The fourth-order valence-corrected chi connectivity index (χ4v) is 1.91. The molecule has 2 aromatic rings. The smallest absolute Gasteiger partial charge is 0.269 e. The molecule has 4 nitrogen and oxygen atoms in total. The van der Waals surface area contributed by atoms with E-state index >= 15 is 0 Å². The van der Waals surface area contributed by atoms with Gasteiger partial charge in [-0.15, -0.1) is 0 Å². The van der Waals surface area contributed by atoms with Crippen LogP contribution in [-0.4, -0.2) is 22.3 Å². The normalized spacial score (nSPS) is 11.8. The minimum absolute atomic E-state index is 0.0408. The van der Waals surface area contributed by atoms with Crippen molar-refractivity contribution >= 4 is 11.4 Å². The number of nitrogens with zero attached hydrogens (tertiary/aromatic N) is 2. The van der Waals surface area contributed by atoms with Crippen LogP contribution in [0.4, 0.5) is 0 Å². The zero-order chi connectivity index (χ0) is 12.6. The van der Waals surface area contributed by atoms with E-state index in [0.717, 1.165) is 11.2 Å². The SMILES string of the molecule is CNC(=O)c1cnc(C(C)(C)C)c2cccn12. The van der Waals surface area contributed by atoms with Gasteiger partial charge in [-0.05, 0) is 12.1 Å². The first-order valence-electron chi connectivity index (χ1n) is 5.64. The number of hydrogen-bond donors (Lipinski definition) is 1. The summed E-state index contributed by atoms with van der Waals surface area (Å²) in [4.78, 5) is 16.2. The molecule has 17 heavy (non-hydrogen) atoms. The third kappa shape index (κ3) is 1.90. The second-order valence-electron chi connectivity index (χ2n) is 5.08. The molecule has 0 bridgehead atoms. The molecule has 0 spiro atoms. The Balaban J connectivity index is 2.71. The molecule has 4 heteroatoms. The van der Waals surface area contributed by atoms with Crippen LogP contribution in [-0.2, 0) is 5.41 Å². The number of carbonyl (C=O) groups is 1. The molecule has 0 aliphatic carbocycles.